The number of carbonyl (C=O) groups is 1. The number of hydrogen-bond donors (Lipinski definition) is 1. The van der Waals surface area contributed by atoms with Crippen LogP contribution >= 0.6 is 0 Å². The number of aryl methyl sites for hydroxylation is 1. The maximum atomic E-state index is 12.0. The predicted molar refractivity (Wildman–Crippen MR) is 90.1 cm³/mol. The van der Waals surface area contributed by atoms with Crippen LogP contribution < -0.4 is 5.32 Å². The smallest absolute Gasteiger partial charge is 0.410 e. The Kier molecular flexibility index (Phi) is 5.26. The first-order valence-electron chi connectivity index (χ1n) is 8.02. The van der Waals surface area contributed by atoms with Crippen molar-refractivity contribution in [3.8, 4) is 0 Å². The molecule has 1 aromatic heterocycles. The average Bonchev–Trinajstić information content (AvgIpc) is 2.45. The van der Waals surface area contributed by atoms with E-state index in [0.29, 0.717) is 24.6 Å². The van der Waals surface area contributed by atoms with Crippen LogP contribution in [0.25, 0.3) is 0 Å². The Morgan fingerprint density at radius 3 is 2.50 bits per heavy atom. The largest absolute Gasteiger partial charge is 0.444 e. The summed E-state index contributed by atoms with van der Waals surface area (Å²) in [6, 6.07) is 3.25. The van der Waals surface area contributed by atoms with E-state index >= 15 is 0 Å². The van der Waals surface area contributed by atoms with Crippen molar-refractivity contribution in [2.75, 3.05) is 18.4 Å². The summed E-state index contributed by atoms with van der Waals surface area (Å²) in [7, 11) is 0. The summed E-state index contributed by atoms with van der Waals surface area (Å²) in [5.41, 5.74) is -0.0941. The van der Waals surface area contributed by atoms with Crippen molar-refractivity contribution < 1.29 is 14.5 Å². The van der Waals surface area contributed by atoms with Crippen molar-refractivity contribution in [3.63, 3.8) is 0 Å². The number of amides is 1. The van der Waals surface area contributed by atoms with E-state index in [-0.39, 0.29) is 17.8 Å². The van der Waals surface area contributed by atoms with Gasteiger partial charge in [-0.25, -0.2) is 9.78 Å². The van der Waals surface area contributed by atoms with E-state index in [1.165, 1.54) is 6.07 Å². The van der Waals surface area contributed by atoms with Crippen molar-refractivity contribution in [1.29, 1.82) is 0 Å². The first kappa shape index (κ1) is 18.0. The lowest BCUT2D eigenvalue weighted by atomic mass is 10.1. The molecule has 1 saturated heterocycles. The van der Waals surface area contributed by atoms with Crippen molar-refractivity contribution in [2.45, 2.75) is 52.2 Å². The lowest BCUT2D eigenvalue weighted by Crippen LogP contribution is -2.44. The summed E-state index contributed by atoms with van der Waals surface area (Å²) < 4.78 is 5.37. The second-order valence-corrected chi connectivity index (χ2v) is 6.94. The van der Waals surface area contributed by atoms with Gasteiger partial charge in [0.1, 0.15) is 17.1 Å². The van der Waals surface area contributed by atoms with E-state index in [4.69, 9.17) is 4.74 Å². The third-order valence-electron chi connectivity index (χ3n) is 3.75. The number of nitrogens with one attached hydrogen (secondary N) is 1. The summed E-state index contributed by atoms with van der Waals surface area (Å²) >= 11 is 0. The first-order chi connectivity index (χ1) is 11.2. The van der Waals surface area contributed by atoms with E-state index in [1.807, 2.05) is 20.8 Å². The summed E-state index contributed by atoms with van der Waals surface area (Å²) in [6.45, 7) is 8.39. The third-order valence-corrected chi connectivity index (χ3v) is 3.75. The third kappa shape index (κ3) is 4.81. The van der Waals surface area contributed by atoms with Crippen molar-refractivity contribution in [3.05, 3.63) is 27.9 Å². The van der Waals surface area contributed by atoms with Crippen molar-refractivity contribution in [1.82, 2.24) is 9.88 Å². The molecule has 0 radical (unpaired) electrons. The number of hydrogen-bond acceptors (Lipinski definition) is 6. The van der Waals surface area contributed by atoms with Crippen LogP contribution in [-0.4, -0.2) is 45.6 Å². The van der Waals surface area contributed by atoms with Crippen LogP contribution in [0.15, 0.2) is 12.1 Å². The highest BCUT2D eigenvalue weighted by Crippen LogP contribution is 2.21. The molecule has 1 N–H and O–H groups in total. The number of anilines is 1. The minimum Gasteiger partial charge on any atom is -0.444 e. The SMILES string of the molecule is Cc1nc(NC2CCN(C(=O)OC(C)(C)C)CC2)ccc1[N+](=O)[O-]. The molecule has 8 nitrogen and oxygen atoms in total. The Bertz CT molecular complexity index is 619. The molecule has 0 spiro atoms. The van der Waals surface area contributed by atoms with Crippen LogP contribution in [0.1, 0.15) is 39.3 Å². The van der Waals surface area contributed by atoms with Crippen molar-refractivity contribution >= 4 is 17.6 Å². The van der Waals surface area contributed by atoms with Gasteiger partial charge in [0.15, 0.2) is 0 Å². The van der Waals surface area contributed by atoms with Crippen molar-refractivity contribution in [2.24, 2.45) is 0 Å². The Balaban J connectivity index is 1.88. The Labute approximate surface area is 141 Å². The fraction of sp³-hybridized carbons (Fsp3) is 0.625. The standard InChI is InChI=1S/C16H24N4O4/c1-11-13(20(22)23)5-6-14(17-11)18-12-7-9-19(10-8-12)15(21)24-16(2,3)4/h5-6,12H,7-10H2,1-4H3,(H,17,18). The molecule has 0 unspecified atom stereocenters. The zero-order chi connectivity index (χ0) is 17.9. The van der Waals surface area contributed by atoms with Gasteiger partial charge < -0.3 is 15.0 Å². The van der Waals surface area contributed by atoms with Gasteiger partial charge in [0.25, 0.3) is 5.69 Å². The molecule has 1 amide bonds. The van der Waals surface area contributed by atoms with E-state index in [0.717, 1.165) is 12.8 Å². The maximum Gasteiger partial charge on any atom is 0.410 e. The molecular formula is C16H24N4O4. The van der Waals surface area contributed by atoms with E-state index in [9.17, 15) is 14.9 Å². The van der Waals surface area contributed by atoms with Crippen LogP contribution in [0.2, 0.25) is 0 Å². The average molecular weight is 336 g/mol. The molecule has 1 aliphatic rings. The quantitative estimate of drug-likeness (QED) is 0.673. The molecule has 0 saturated carbocycles. The number of ether oxygens (including phenoxy) is 1. The van der Waals surface area contributed by atoms with E-state index in [2.05, 4.69) is 10.3 Å². The maximum absolute atomic E-state index is 12.0. The molecule has 1 fully saturated rings. The molecule has 0 bridgehead atoms. The van der Waals surface area contributed by atoms with Crippen LogP contribution in [0.5, 0.6) is 0 Å². The number of pyridine rings is 1. The second kappa shape index (κ2) is 7.02. The molecule has 132 valence electrons. The van der Waals surface area contributed by atoms with Crippen LogP contribution in [0.3, 0.4) is 0 Å². The Hall–Kier alpha value is -2.38. The second-order valence-electron chi connectivity index (χ2n) is 6.94. The number of carbonyl (C=O) groups excluding carboxylic acids is 1. The summed E-state index contributed by atoms with van der Waals surface area (Å²) in [4.78, 5) is 28.3. The number of rotatable bonds is 3. The van der Waals surface area contributed by atoms with E-state index < -0.39 is 10.5 Å². The number of nitrogens with zero attached hydrogens (tertiary/aromatic N) is 3. The van der Waals surface area contributed by atoms with Gasteiger partial charge in [-0.3, -0.25) is 10.1 Å². The number of likely N-dealkylation sites (tertiary alicyclic amines) is 1. The van der Waals surface area contributed by atoms with Gasteiger partial charge in [0, 0.05) is 25.2 Å². The normalized spacial score (nSPS) is 15.9. The van der Waals surface area contributed by atoms with Gasteiger partial charge in [-0.15, -0.1) is 0 Å². The Morgan fingerprint density at radius 1 is 1.38 bits per heavy atom. The Morgan fingerprint density at radius 2 is 2.00 bits per heavy atom. The molecular weight excluding hydrogens is 312 g/mol. The molecule has 1 aromatic rings. The predicted octanol–water partition coefficient (Wildman–Crippen LogP) is 3.11. The highest BCUT2D eigenvalue weighted by molar-refractivity contribution is 5.68. The molecule has 0 aromatic carbocycles. The topological polar surface area (TPSA) is 97.6 Å². The van der Waals surface area contributed by atoms with Gasteiger partial charge in [-0.1, -0.05) is 0 Å². The molecule has 24 heavy (non-hydrogen) atoms. The fourth-order valence-electron chi connectivity index (χ4n) is 2.57. The number of aromatic nitrogens is 1. The van der Waals surface area contributed by atoms with E-state index in [1.54, 1.807) is 17.9 Å². The van der Waals surface area contributed by atoms with Gasteiger partial charge in [-0.2, -0.15) is 0 Å². The molecule has 0 atom stereocenters. The molecule has 2 rings (SSSR count). The molecule has 1 aliphatic heterocycles. The fourth-order valence-corrected chi connectivity index (χ4v) is 2.57. The van der Waals surface area contributed by atoms with Gasteiger partial charge in [0.2, 0.25) is 0 Å². The zero-order valence-electron chi connectivity index (χ0n) is 14.5. The number of nitro groups is 1. The highest BCUT2D eigenvalue weighted by Gasteiger charge is 2.27. The first-order valence-corrected chi connectivity index (χ1v) is 8.02. The zero-order valence-corrected chi connectivity index (χ0v) is 14.5. The summed E-state index contributed by atoms with van der Waals surface area (Å²) in [6.07, 6.45) is 1.26. The van der Waals surface area contributed by atoms with Crippen LogP contribution in [0, 0.1) is 17.0 Å². The minimum absolute atomic E-state index is 0.0142. The van der Waals surface area contributed by atoms with Gasteiger partial charge in [-0.05, 0) is 46.6 Å². The minimum atomic E-state index is -0.494. The van der Waals surface area contributed by atoms with Crippen LogP contribution in [0.4, 0.5) is 16.3 Å². The summed E-state index contributed by atoms with van der Waals surface area (Å²) in [5, 5.41) is 14.1. The molecule has 0 aliphatic carbocycles. The van der Waals surface area contributed by atoms with Gasteiger partial charge >= 0.3 is 6.09 Å². The van der Waals surface area contributed by atoms with Gasteiger partial charge in [0.05, 0.1) is 4.92 Å². The summed E-state index contributed by atoms with van der Waals surface area (Å²) in [5.74, 6) is 0.619. The molecule has 8 heteroatoms. The number of piperidine rings is 1. The monoisotopic (exact) mass is 336 g/mol. The lowest BCUT2D eigenvalue weighted by molar-refractivity contribution is -0.385. The highest BCUT2D eigenvalue weighted by atomic mass is 16.6. The lowest BCUT2D eigenvalue weighted by Gasteiger charge is -2.33. The van der Waals surface area contributed by atoms with Crippen LogP contribution in [-0.2, 0) is 4.74 Å². The molecule has 2 heterocycles.